The number of esters is 1. The molecule has 0 aromatic heterocycles. The first-order chi connectivity index (χ1) is 33.0. The van der Waals surface area contributed by atoms with Gasteiger partial charge in [0.25, 0.3) is 0 Å². The van der Waals surface area contributed by atoms with Crippen LogP contribution in [0.3, 0.4) is 0 Å². The van der Waals surface area contributed by atoms with Gasteiger partial charge < -0.3 is 98.4 Å². The van der Waals surface area contributed by atoms with Crippen molar-refractivity contribution < 1.29 is 103 Å². The van der Waals surface area contributed by atoms with Gasteiger partial charge in [-0.2, -0.15) is 0 Å². The molecule has 70 heavy (non-hydrogen) atoms. The third-order valence-electron chi connectivity index (χ3n) is 12.9. The van der Waals surface area contributed by atoms with Gasteiger partial charge in [0, 0.05) is 6.08 Å². The van der Waals surface area contributed by atoms with Gasteiger partial charge in [0.15, 0.2) is 42.8 Å². The van der Waals surface area contributed by atoms with Crippen molar-refractivity contribution in [2.24, 2.45) is 0 Å². The smallest absolute Gasteiger partial charge is 0.331 e. The molecule has 0 saturated carbocycles. The zero-order valence-corrected chi connectivity index (χ0v) is 40.9. The Kier molecular flexibility index (Phi) is 20.9. The van der Waals surface area contributed by atoms with Crippen LogP contribution < -0.4 is 4.74 Å². The molecule has 4 heterocycles. The van der Waals surface area contributed by atoms with E-state index >= 15 is 0 Å². The molecule has 21 heteroatoms. The molecule has 0 radical (unpaired) electrons. The van der Waals surface area contributed by atoms with E-state index in [9.17, 15) is 55.9 Å². The molecule has 0 spiro atoms. The highest BCUT2D eigenvalue weighted by molar-refractivity contribution is 5.87. The fourth-order valence-electron chi connectivity index (χ4n) is 8.43. The average molecular weight is 999 g/mol. The Morgan fingerprint density at radius 2 is 1.29 bits per heavy atom. The Labute approximate surface area is 408 Å². The Morgan fingerprint density at radius 1 is 0.700 bits per heavy atom. The SMILES string of the molecule is C=CC(C)(CC/C=C(\C)CCC=C(C)C)OC1OC(COC2OC(C)C(OC(=O)/C=C/c3ccc(O)c(OC)c3)C(O)C2O)C(O)C(O)C1OC1OC(C)C(OC2OC(C)C(O)C(O)C2O)C(O)C1O. The number of carbonyl (C=O) groups is 1. The molecule has 0 amide bonds. The first kappa shape index (κ1) is 57.5. The lowest BCUT2D eigenvalue weighted by Crippen LogP contribution is -2.66. The third-order valence-corrected chi connectivity index (χ3v) is 12.9. The molecule has 1 aromatic rings. The van der Waals surface area contributed by atoms with E-state index in [1.165, 1.54) is 57.7 Å². The van der Waals surface area contributed by atoms with Crippen molar-refractivity contribution in [3.63, 3.8) is 0 Å². The van der Waals surface area contributed by atoms with E-state index < -0.39 is 141 Å². The lowest BCUT2D eigenvalue weighted by Gasteiger charge is -2.49. The molecule has 21 unspecified atom stereocenters. The number of methoxy groups -OCH3 is 1. The summed E-state index contributed by atoms with van der Waals surface area (Å²) in [6.07, 6.45) is -19.8. The van der Waals surface area contributed by atoms with Crippen LogP contribution in [0.1, 0.15) is 79.7 Å². The summed E-state index contributed by atoms with van der Waals surface area (Å²) in [5.74, 6) is -0.788. The van der Waals surface area contributed by atoms with Crippen molar-refractivity contribution in [1.82, 2.24) is 0 Å². The zero-order valence-electron chi connectivity index (χ0n) is 40.9. The summed E-state index contributed by atoms with van der Waals surface area (Å²) in [4.78, 5) is 12.8. The Hall–Kier alpha value is -3.43. The minimum atomic E-state index is -1.88. The van der Waals surface area contributed by atoms with Gasteiger partial charge in [0.05, 0.1) is 37.6 Å². The van der Waals surface area contributed by atoms with Gasteiger partial charge >= 0.3 is 5.97 Å². The number of aliphatic hydroxyl groups excluding tert-OH is 9. The summed E-state index contributed by atoms with van der Waals surface area (Å²) >= 11 is 0. The number of allylic oxidation sites excluding steroid dienone is 4. The number of phenolic OH excluding ortho intramolecular Hbond substituents is 1. The molecule has 1 aromatic carbocycles. The molecule has 396 valence electrons. The van der Waals surface area contributed by atoms with Crippen molar-refractivity contribution in [1.29, 1.82) is 0 Å². The second-order valence-corrected chi connectivity index (χ2v) is 18.8. The first-order valence-electron chi connectivity index (χ1n) is 23.5. The lowest BCUT2D eigenvalue weighted by molar-refractivity contribution is -0.388. The minimum absolute atomic E-state index is 0.0950. The Bertz CT molecular complexity index is 1940. The summed E-state index contributed by atoms with van der Waals surface area (Å²) in [6.45, 7) is 15.6. The molecular weight excluding hydrogens is 925 g/mol. The lowest BCUT2D eigenvalue weighted by atomic mass is 9.95. The second kappa shape index (κ2) is 25.5. The molecule has 5 rings (SSSR count). The quantitative estimate of drug-likeness (QED) is 0.0490. The van der Waals surface area contributed by atoms with Crippen LogP contribution in [0, 0.1) is 0 Å². The number of benzene rings is 1. The predicted octanol–water partition coefficient (Wildman–Crippen LogP) is 0.754. The highest BCUT2D eigenvalue weighted by Crippen LogP contribution is 2.36. The van der Waals surface area contributed by atoms with Crippen molar-refractivity contribution in [3.8, 4) is 11.5 Å². The molecule has 10 N–H and O–H groups in total. The third kappa shape index (κ3) is 14.4. The zero-order chi connectivity index (χ0) is 51.8. The van der Waals surface area contributed by atoms with E-state index in [4.69, 9.17) is 47.4 Å². The molecule has 0 bridgehead atoms. The van der Waals surface area contributed by atoms with Crippen molar-refractivity contribution >= 4 is 12.0 Å². The normalized spacial score (nSPS) is 39.2. The molecular formula is C49H74O21. The molecule has 4 saturated heterocycles. The van der Waals surface area contributed by atoms with Crippen LogP contribution in [-0.4, -0.2) is 199 Å². The Morgan fingerprint density at radius 3 is 1.94 bits per heavy atom. The summed E-state index contributed by atoms with van der Waals surface area (Å²) in [5.41, 5.74) is 1.71. The van der Waals surface area contributed by atoms with Crippen LogP contribution in [0.15, 0.2) is 60.2 Å². The maximum absolute atomic E-state index is 12.8. The summed E-state index contributed by atoms with van der Waals surface area (Å²) in [7, 11) is 1.37. The molecule has 21 atom stereocenters. The largest absolute Gasteiger partial charge is 0.504 e. The van der Waals surface area contributed by atoms with Crippen LogP contribution >= 0.6 is 0 Å². The van der Waals surface area contributed by atoms with Crippen molar-refractivity contribution in [2.45, 2.75) is 203 Å². The predicted molar refractivity (Wildman–Crippen MR) is 246 cm³/mol. The van der Waals surface area contributed by atoms with Gasteiger partial charge in [-0.15, -0.1) is 6.58 Å². The summed E-state index contributed by atoms with van der Waals surface area (Å²) in [5, 5.41) is 109. The monoisotopic (exact) mass is 998 g/mol. The number of ether oxygens (including phenoxy) is 10. The van der Waals surface area contributed by atoms with Crippen LogP contribution in [0.5, 0.6) is 11.5 Å². The molecule has 0 aliphatic carbocycles. The van der Waals surface area contributed by atoms with Gasteiger partial charge in [-0.1, -0.05) is 35.4 Å². The first-order valence-corrected chi connectivity index (χ1v) is 23.5. The van der Waals surface area contributed by atoms with Gasteiger partial charge in [-0.25, -0.2) is 4.79 Å². The maximum Gasteiger partial charge on any atom is 0.331 e. The number of rotatable bonds is 20. The van der Waals surface area contributed by atoms with E-state index in [0.29, 0.717) is 18.4 Å². The standard InChI is InChI=1S/C49H74O21/c1-10-49(8,20-12-15-24(4)14-11-13-23(2)3)70-48-44(69-47-41(60)38(57)43(27(7)65-47)68-46-39(58)35(54)33(52)25(5)63-46)36(55)34(53)31(66-48)22-62-45-40(59)37(56)42(26(6)64-45)67-32(51)19-17-28-16-18-29(50)30(21-28)61-9/h10,13,15-19,21,25-27,31,33-48,50,52-60H,1,11-12,14,20,22H2,2-9H3/b19-17+,24-15+. The van der Waals surface area contributed by atoms with Gasteiger partial charge in [-0.05, 0) is 97.9 Å². The van der Waals surface area contributed by atoms with E-state index in [1.54, 1.807) is 13.0 Å². The topological polar surface area (TPSA) is 312 Å². The maximum atomic E-state index is 12.8. The van der Waals surface area contributed by atoms with E-state index in [1.807, 2.05) is 20.8 Å². The fourth-order valence-corrected chi connectivity index (χ4v) is 8.43. The molecule has 4 fully saturated rings. The Balaban J connectivity index is 1.28. The molecule has 4 aliphatic rings. The highest BCUT2D eigenvalue weighted by Gasteiger charge is 2.54. The van der Waals surface area contributed by atoms with Crippen LogP contribution in [0.2, 0.25) is 0 Å². The number of hydrogen-bond donors (Lipinski definition) is 10. The minimum Gasteiger partial charge on any atom is -0.504 e. The van der Waals surface area contributed by atoms with E-state index in [0.717, 1.165) is 24.5 Å². The number of aliphatic hydroxyl groups is 9. The molecule has 21 nitrogen and oxygen atoms in total. The molecule has 4 aliphatic heterocycles. The van der Waals surface area contributed by atoms with Crippen molar-refractivity contribution in [3.05, 3.63) is 65.8 Å². The second-order valence-electron chi connectivity index (χ2n) is 18.8. The summed E-state index contributed by atoms with van der Waals surface area (Å²) < 4.78 is 58.3. The number of carbonyl (C=O) groups excluding carboxylic acids is 1. The number of aromatic hydroxyl groups is 1. The van der Waals surface area contributed by atoms with Crippen LogP contribution in [0.25, 0.3) is 6.08 Å². The van der Waals surface area contributed by atoms with Crippen LogP contribution in [0.4, 0.5) is 0 Å². The number of phenols is 1. The highest BCUT2D eigenvalue weighted by atomic mass is 16.8. The summed E-state index contributed by atoms with van der Waals surface area (Å²) in [6, 6.07) is 4.41. The van der Waals surface area contributed by atoms with Crippen molar-refractivity contribution in [2.75, 3.05) is 13.7 Å². The van der Waals surface area contributed by atoms with Crippen LogP contribution in [-0.2, 0) is 47.4 Å². The van der Waals surface area contributed by atoms with Gasteiger partial charge in [0.2, 0.25) is 0 Å². The van der Waals surface area contributed by atoms with Gasteiger partial charge in [-0.3, -0.25) is 0 Å². The number of hydrogen-bond acceptors (Lipinski definition) is 21. The van der Waals surface area contributed by atoms with Gasteiger partial charge in [0.1, 0.15) is 73.2 Å². The fraction of sp³-hybridized carbons (Fsp3) is 0.694. The van der Waals surface area contributed by atoms with E-state index in [2.05, 4.69) is 18.7 Å². The van der Waals surface area contributed by atoms with E-state index in [-0.39, 0.29) is 11.5 Å². The average Bonchev–Trinajstić information content (AvgIpc) is 3.31.